The van der Waals surface area contributed by atoms with E-state index in [9.17, 15) is 9.59 Å². The molecule has 7 nitrogen and oxygen atoms in total. The molecule has 0 saturated carbocycles. The minimum absolute atomic E-state index is 0.242. The Labute approximate surface area is 223 Å². The van der Waals surface area contributed by atoms with Gasteiger partial charge in [-0.25, -0.2) is 9.59 Å². The van der Waals surface area contributed by atoms with Crippen molar-refractivity contribution in [2.24, 2.45) is 0 Å². The van der Waals surface area contributed by atoms with Crippen molar-refractivity contribution in [3.05, 3.63) is 83.4 Å². The number of hydrogen-bond donors (Lipinski definition) is 0. The summed E-state index contributed by atoms with van der Waals surface area (Å²) in [6.07, 6.45) is 3.70. The van der Waals surface area contributed by atoms with Gasteiger partial charge in [0.25, 0.3) is 0 Å². The average Bonchev–Trinajstić information content (AvgIpc) is 2.95. The predicted octanol–water partition coefficient (Wildman–Crippen LogP) is 6.60. The molecule has 0 atom stereocenters. The Morgan fingerprint density at radius 1 is 0.658 bits per heavy atom. The van der Waals surface area contributed by atoms with Crippen LogP contribution in [-0.4, -0.2) is 38.4 Å². The zero-order valence-electron chi connectivity index (χ0n) is 21.9. The first-order chi connectivity index (χ1) is 18.5. The Hall–Kier alpha value is -4.31. The summed E-state index contributed by atoms with van der Waals surface area (Å²) in [5.74, 6) is 0.246. The van der Waals surface area contributed by atoms with Crippen molar-refractivity contribution in [3.63, 3.8) is 0 Å². The van der Waals surface area contributed by atoms with Crippen LogP contribution in [0.15, 0.2) is 66.7 Å². The number of benzene rings is 3. The molecule has 0 fully saturated rings. The van der Waals surface area contributed by atoms with Gasteiger partial charge < -0.3 is 18.9 Å². The van der Waals surface area contributed by atoms with E-state index in [2.05, 4.69) is 6.07 Å². The molecule has 0 aromatic heterocycles. The van der Waals surface area contributed by atoms with E-state index >= 15 is 0 Å². The van der Waals surface area contributed by atoms with Crippen LogP contribution in [-0.2, 0) is 9.47 Å². The Morgan fingerprint density at radius 3 is 1.61 bits per heavy atom. The van der Waals surface area contributed by atoms with E-state index in [-0.39, 0.29) is 24.3 Å². The molecule has 0 N–H and O–H groups in total. The van der Waals surface area contributed by atoms with Gasteiger partial charge in [0.05, 0.1) is 49.2 Å². The second-order valence-electron chi connectivity index (χ2n) is 8.51. The van der Waals surface area contributed by atoms with Crippen LogP contribution in [0.25, 0.3) is 11.1 Å². The summed E-state index contributed by atoms with van der Waals surface area (Å²) in [4.78, 5) is 24.3. The van der Waals surface area contributed by atoms with Crippen LogP contribution in [0.1, 0.15) is 65.8 Å². The molecule has 0 unspecified atom stereocenters. The smallest absolute Gasteiger partial charge is 0.338 e. The van der Waals surface area contributed by atoms with E-state index in [1.807, 2.05) is 48.5 Å². The molecule has 38 heavy (non-hydrogen) atoms. The van der Waals surface area contributed by atoms with Gasteiger partial charge in [0, 0.05) is 0 Å². The highest BCUT2D eigenvalue weighted by Gasteiger charge is 2.15. The summed E-state index contributed by atoms with van der Waals surface area (Å²) >= 11 is 0. The van der Waals surface area contributed by atoms with Gasteiger partial charge in [0.2, 0.25) is 0 Å². The van der Waals surface area contributed by atoms with E-state index in [0.29, 0.717) is 24.5 Å². The van der Waals surface area contributed by atoms with Crippen molar-refractivity contribution in [1.29, 1.82) is 5.26 Å². The molecule has 0 bridgehead atoms. The molecule has 0 spiro atoms. The van der Waals surface area contributed by atoms with Crippen LogP contribution in [0.3, 0.4) is 0 Å². The van der Waals surface area contributed by atoms with Crippen molar-refractivity contribution < 1.29 is 28.5 Å². The normalized spacial score (nSPS) is 10.3. The molecule has 0 amide bonds. The third-order valence-electron chi connectivity index (χ3n) is 5.71. The van der Waals surface area contributed by atoms with E-state index < -0.39 is 11.9 Å². The number of nitrogens with zero attached hydrogens (tertiary/aromatic N) is 1. The second-order valence-corrected chi connectivity index (χ2v) is 8.51. The highest BCUT2D eigenvalue weighted by Crippen LogP contribution is 2.23. The minimum Gasteiger partial charge on any atom is -0.494 e. The number of carbonyl (C=O) groups is 2. The van der Waals surface area contributed by atoms with Crippen molar-refractivity contribution in [2.75, 3.05) is 26.4 Å². The fraction of sp³-hybridized carbons (Fsp3) is 0.323. The van der Waals surface area contributed by atoms with Gasteiger partial charge in [-0.15, -0.1) is 0 Å². The number of rotatable bonds is 14. The molecule has 198 valence electrons. The molecule has 0 radical (unpaired) electrons. The van der Waals surface area contributed by atoms with Crippen LogP contribution in [0.5, 0.6) is 11.5 Å². The van der Waals surface area contributed by atoms with Crippen LogP contribution < -0.4 is 9.47 Å². The molecule has 0 aliphatic rings. The lowest BCUT2D eigenvalue weighted by Crippen LogP contribution is -2.10. The van der Waals surface area contributed by atoms with Gasteiger partial charge in [0.15, 0.2) is 0 Å². The molecule has 0 saturated heterocycles. The fourth-order valence-electron chi connectivity index (χ4n) is 3.77. The molecule has 3 aromatic rings. The summed E-state index contributed by atoms with van der Waals surface area (Å²) < 4.78 is 21.8. The molecule has 0 aliphatic heterocycles. The van der Waals surface area contributed by atoms with Gasteiger partial charge in [-0.2, -0.15) is 5.26 Å². The van der Waals surface area contributed by atoms with Crippen LogP contribution in [0, 0.1) is 11.3 Å². The summed E-state index contributed by atoms with van der Waals surface area (Å²) in [6.45, 7) is 5.03. The maximum atomic E-state index is 12.2. The highest BCUT2D eigenvalue weighted by atomic mass is 16.5. The fourth-order valence-corrected chi connectivity index (χ4v) is 3.77. The maximum Gasteiger partial charge on any atom is 0.338 e. The lowest BCUT2D eigenvalue weighted by atomic mass is 10.0. The average molecular weight is 516 g/mol. The molecular formula is C31H33NO6. The quantitative estimate of drug-likeness (QED) is 0.176. The lowest BCUT2D eigenvalue weighted by Gasteiger charge is -2.11. The summed E-state index contributed by atoms with van der Waals surface area (Å²) in [5.41, 5.74) is 3.29. The third kappa shape index (κ3) is 8.67. The SMILES string of the molecule is CCOC(=O)c1cc(OCCCCCCOc2ccc(-c3ccc(C#N)cc3)cc2)cc(C(=O)OCC)c1. The van der Waals surface area contributed by atoms with Gasteiger partial charge in [0.1, 0.15) is 11.5 Å². The number of carbonyl (C=O) groups excluding carboxylic acids is 2. The van der Waals surface area contributed by atoms with E-state index in [0.717, 1.165) is 42.6 Å². The highest BCUT2D eigenvalue weighted by molar-refractivity contribution is 5.96. The summed E-state index contributed by atoms with van der Waals surface area (Å²) in [7, 11) is 0. The first-order valence-electron chi connectivity index (χ1n) is 12.9. The van der Waals surface area contributed by atoms with Crippen molar-refractivity contribution in [3.8, 4) is 28.7 Å². The number of unbranched alkanes of at least 4 members (excludes halogenated alkanes) is 3. The molecule has 3 rings (SSSR count). The standard InChI is InChI=1S/C31H33NO6/c1-3-35-30(33)26-19-27(31(34)36-4-2)21-29(20-26)38-18-8-6-5-7-17-37-28-15-13-25(14-16-28)24-11-9-23(22-32)10-12-24/h9-16,19-21H,3-8,17-18H2,1-2H3. The molecule has 0 aliphatic carbocycles. The monoisotopic (exact) mass is 515 g/mol. The maximum absolute atomic E-state index is 12.2. The van der Waals surface area contributed by atoms with Crippen LogP contribution in [0.4, 0.5) is 0 Å². The van der Waals surface area contributed by atoms with Crippen molar-refractivity contribution >= 4 is 11.9 Å². The van der Waals surface area contributed by atoms with Crippen molar-refractivity contribution in [2.45, 2.75) is 39.5 Å². The Morgan fingerprint density at radius 2 is 1.13 bits per heavy atom. The van der Waals surface area contributed by atoms with Gasteiger partial charge in [-0.1, -0.05) is 24.3 Å². The van der Waals surface area contributed by atoms with Crippen LogP contribution in [0.2, 0.25) is 0 Å². The zero-order chi connectivity index (χ0) is 27.2. The lowest BCUT2D eigenvalue weighted by molar-refractivity contribution is 0.0524. The predicted molar refractivity (Wildman–Crippen MR) is 144 cm³/mol. The van der Waals surface area contributed by atoms with Crippen molar-refractivity contribution in [1.82, 2.24) is 0 Å². The van der Waals surface area contributed by atoms with Gasteiger partial charge in [-0.05, 0) is 93.1 Å². The number of esters is 2. The minimum atomic E-state index is -0.507. The second kappa shape index (κ2) is 15.1. The van der Waals surface area contributed by atoms with Gasteiger partial charge >= 0.3 is 11.9 Å². The zero-order valence-corrected chi connectivity index (χ0v) is 21.9. The Balaban J connectivity index is 1.38. The number of ether oxygens (including phenoxy) is 4. The first kappa shape index (κ1) is 28.3. The molecule has 0 heterocycles. The number of hydrogen-bond acceptors (Lipinski definition) is 7. The molecular weight excluding hydrogens is 482 g/mol. The Kier molecular flexibility index (Phi) is 11.2. The number of nitriles is 1. The summed E-state index contributed by atoms with van der Waals surface area (Å²) in [6, 6.07) is 22.2. The first-order valence-corrected chi connectivity index (χ1v) is 12.9. The van der Waals surface area contributed by atoms with E-state index in [4.69, 9.17) is 24.2 Å². The van der Waals surface area contributed by atoms with E-state index in [1.165, 1.54) is 6.07 Å². The van der Waals surface area contributed by atoms with Crippen LogP contribution >= 0.6 is 0 Å². The topological polar surface area (TPSA) is 94.9 Å². The summed E-state index contributed by atoms with van der Waals surface area (Å²) in [5, 5.41) is 8.93. The van der Waals surface area contributed by atoms with Gasteiger partial charge in [-0.3, -0.25) is 0 Å². The van der Waals surface area contributed by atoms with E-state index in [1.54, 1.807) is 26.0 Å². The largest absolute Gasteiger partial charge is 0.494 e. The molecule has 7 heteroatoms. The third-order valence-corrected chi connectivity index (χ3v) is 5.71. The Bertz CT molecular complexity index is 1190. The molecule has 3 aromatic carbocycles.